The van der Waals surface area contributed by atoms with Gasteiger partial charge in [-0.1, -0.05) is 23.4 Å². The predicted molar refractivity (Wildman–Crippen MR) is 78.9 cm³/mol. The van der Waals surface area contributed by atoms with E-state index < -0.39 is 15.8 Å². The zero-order chi connectivity index (χ0) is 15.6. The number of nitrogens with zero attached hydrogens (tertiary/aromatic N) is 4. The van der Waals surface area contributed by atoms with Gasteiger partial charge in [0.05, 0.1) is 18.0 Å². The molecule has 0 aliphatic carbocycles. The van der Waals surface area contributed by atoms with Crippen molar-refractivity contribution in [3.8, 4) is 0 Å². The molecule has 0 saturated carbocycles. The molecule has 22 heavy (non-hydrogen) atoms. The highest BCUT2D eigenvalue weighted by molar-refractivity contribution is 7.88. The van der Waals surface area contributed by atoms with Gasteiger partial charge >= 0.3 is 0 Å². The van der Waals surface area contributed by atoms with Gasteiger partial charge in [-0.2, -0.15) is 0 Å². The lowest BCUT2D eigenvalue weighted by atomic mass is 10.1. The molecule has 0 atom stereocenters. The van der Waals surface area contributed by atoms with Crippen LogP contribution in [0.5, 0.6) is 0 Å². The Labute approximate surface area is 128 Å². The molecule has 0 N–H and O–H groups in total. The largest absolute Gasteiger partial charge is 0.249 e. The summed E-state index contributed by atoms with van der Waals surface area (Å²) in [5.41, 5.74) is 0.209. The highest BCUT2D eigenvalue weighted by atomic mass is 32.2. The normalized spacial score (nSPS) is 17.7. The summed E-state index contributed by atoms with van der Waals surface area (Å²) >= 11 is 0. The molecular weight excluding hydrogens is 307 g/mol. The highest BCUT2D eigenvalue weighted by Gasteiger charge is 2.29. The summed E-state index contributed by atoms with van der Waals surface area (Å²) in [7, 11) is -3.50. The second kappa shape index (κ2) is 6.13. The van der Waals surface area contributed by atoms with Crippen molar-refractivity contribution in [2.75, 3.05) is 13.1 Å². The standard InChI is InChI=1S/C14H17FN4O2S/c15-14-4-2-1-3-12(14)11-22(20,21)18-8-5-13(6-9-18)19-10-7-16-17-19/h1-4,7,10,13H,5-6,8-9,11H2. The molecule has 0 amide bonds. The van der Waals surface area contributed by atoms with E-state index in [0.717, 1.165) is 0 Å². The van der Waals surface area contributed by atoms with Gasteiger partial charge in [-0.3, -0.25) is 0 Å². The number of piperidine rings is 1. The number of rotatable bonds is 4. The average molecular weight is 324 g/mol. The summed E-state index contributed by atoms with van der Waals surface area (Å²) in [4.78, 5) is 0. The molecule has 1 aromatic carbocycles. The Morgan fingerprint density at radius 2 is 1.95 bits per heavy atom. The molecule has 1 saturated heterocycles. The number of halogens is 1. The fraction of sp³-hybridized carbons (Fsp3) is 0.429. The van der Waals surface area contributed by atoms with Crippen molar-refractivity contribution in [1.82, 2.24) is 19.3 Å². The Balaban J connectivity index is 1.66. The van der Waals surface area contributed by atoms with E-state index in [2.05, 4.69) is 10.3 Å². The molecule has 3 rings (SSSR count). The number of aromatic nitrogens is 3. The molecule has 0 spiro atoms. The van der Waals surface area contributed by atoms with Crippen LogP contribution >= 0.6 is 0 Å². The quantitative estimate of drug-likeness (QED) is 0.856. The van der Waals surface area contributed by atoms with Crippen LogP contribution in [0.3, 0.4) is 0 Å². The first kappa shape index (κ1) is 15.1. The van der Waals surface area contributed by atoms with E-state index in [9.17, 15) is 12.8 Å². The second-order valence-corrected chi connectivity index (χ2v) is 7.33. The average Bonchev–Trinajstić information content (AvgIpc) is 3.04. The van der Waals surface area contributed by atoms with E-state index in [-0.39, 0.29) is 17.4 Å². The van der Waals surface area contributed by atoms with Gasteiger partial charge < -0.3 is 0 Å². The Kier molecular flexibility index (Phi) is 4.21. The van der Waals surface area contributed by atoms with Crippen molar-refractivity contribution in [3.05, 3.63) is 48.0 Å². The number of benzene rings is 1. The maximum Gasteiger partial charge on any atom is 0.218 e. The van der Waals surface area contributed by atoms with Crippen LogP contribution in [0, 0.1) is 5.82 Å². The van der Waals surface area contributed by atoms with E-state index in [0.29, 0.717) is 25.9 Å². The summed E-state index contributed by atoms with van der Waals surface area (Å²) in [6, 6.07) is 6.15. The highest BCUT2D eigenvalue weighted by Crippen LogP contribution is 2.24. The van der Waals surface area contributed by atoms with Gasteiger partial charge in [0.2, 0.25) is 10.0 Å². The topological polar surface area (TPSA) is 68.1 Å². The first-order valence-corrected chi connectivity index (χ1v) is 8.74. The molecule has 1 aromatic heterocycles. The first-order valence-electron chi connectivity index (χ1n) is 7.13. The minimum absolute atomic E-state index is 0.169. The molecule has 8 heteroatoms. The molecule has 2 heterocycles. The maximum absolute atomic E-state index is 13.6. The molecule has 118 valence electrons. The van der Waals surface area contributed by atoms with Crippen LogP contribution in [-0.4, -0.2) is 40.8 Å². The summed E-state index contributed by atoms with van der Waals surface area (Å²) in [5, 5.41) is 7.73. The smallest absolute Gasteiger partial charge is 0.218 e. The predicted octanol–water partition coefficient (Wildman–Crippen LogP) is 1.58. The third-order valence-corrected chi connectivity index (χ3v) is 5.76. The SMILES string of the molecule is O=S(=O)(Cc1ccccc1F)N1CCC(n2ccnn2)CC1. The van der Waals surface area contributed by atoms with Crippen LogP contribution in [0.25, 0.3) is 0 Å². The number of sulfonamides is 1. The fourth-order valence-corrected chi connectivity index (χ4v) is 4.28. The van der Waals surface area contributed by atoms with Gasteiger partial charge in [-0.25, -0.2) is 21.8 Å². The van der Waals surface area contributed by atoms with Crippen molar-refractivity contribution in [2.24, 2.45) is 0 Å². The van der Waals surface area contributed by atoms with Crippen molar-refractivity contribution >= 4 is 10.0 Å². The minimum atomic E-state index is -3.50. The van der Waals surface area contributed by atoms with E-state index >= 15 is 0 Å². The van der Waals surface area contributed by atoms with Crippen LogP contribution in [0.4, 0.5) is 4.39 Å². The number of hydrogen-bond acceptors (Lipinski definition) is 4. The molecule has 2 aromatic rings. The molecule has 0 radical (unpaired) electrons. The third-order valence-electron chi connectivity index (χ3n) is 3.93. The van der Waals surface area contributed by atoms with Gasteiger partial charge in [0, 0.05) is 24.8 Å². The minimum Gasteiger partial charge on any atom is -0.249 e. The Morgan fingerprint density at radius 1 is 1.23 bits per heavy atom. The fourth-order valence-electron chi connectivity index (χ4n) is 2.70. The van der Waals surface area contributed by atoms with Crippen molar-refractivity contribution in [3.63, 3.8) is 0 Å². The Hall–Kier alpha value is -1.80. The molecular formula is C14H17FN4O2S. The molecule has 0 unspecified atom stereocenters. The van der Waals surface area contributed by atoms with Gasteiger partial charge in [-0.15, -0.1) is 5.10 Å². The van der Waals surface area contributed by atoms with Crippen molar-refractivity contribution < 1.29 is 12.8 Å². The molecule has 1 aliphatic heterocycles. The molecule has 6 nitrogen and oxygen atoms in total. The van der Waals surface area contributed by atoms with Crippen LogP contribution in [0.1, 0.15) is 24.4 Å². The van der Waals surface area contributed by atoms with Gasteiger partial charge in [0.15, 0.2) is 0 Å². The summed E-state index contributed by atoms with van der Waals surface area (Å²) in [6.07, 6.45) is 4.76. The summed E-state index contributed by atoms with van der Waals surface area (Å²) < 4.78 is 41.7. The lowest BCUT2D eigenvalue weighted by Crippen LogP contribution is -2.39. The third kappa shape index (κ3) is 3.17. The van der Waals surface area contributed by atoms with E-state index in [1.807, 2.05) is 0 Å². The van der Waals surface area contributed by atoms with Crippen molar-refractivity contribution in [2.45, 2.75) is 24.6 Å². The second-order valence-electron chi connectivity index (χ2n) is 5.36. The maximum atomic E-state index is 13.6. The van der Waals surface area contributed by atoms with Crippen LogP contribution < -0.4 is 0 Å². The van der Waals surface area contributed by atoms with Gasteiger partial charge in [0.25, 0.3) is 0 Å². The van der Waals surface area contributed by atoms with Gasteiger partial charge in [-0.05, 0) is 18.9 Å². The molecule has 1 aliphatic rings. The van der Waals surface area contributed by atoms with E-state index in [4.69, 9.17) is 0 Å². The Morgan fingerprint density at radius 3 is 2.59 bits per heavy atom. The van der Waals surface area contributed by atoms with E-state index in [1.54, 1.807) is 29.2 Å². The first-order chi connectivity index (χ1) is 10.6. The van der Waals surface area contributed by atoms with E-state index in [1.165, 1.54) is 16.4 Å². The van der Waals surface area contributed by atoms with Crippen LogP contribution in [-0.2, 0) is 15.8 Å². The molecule has 1 fully saturated rings. The molecule has 0 bridgehead atoms. The number of hydrogen-bond donors (Lipinski definition) is 0. The van der Waals surface area contributed by atoms with Crippen molar-refractivity contribution in [1.29, 1.82) is 0 Å². The van der Waals surface area contributed by atoms with Crippen LogP contribution in [0.2, 0.25) is 0 Å². The lowest BCUT2D eigenvalue weighted by Gasteiger charge is -2.31. The summed E-state index contributed by atoms with van der Waals surface area (Å²) in [5.74, 6) is -0.781. The lowest BCUT2D eigenvalue weighted by molar-refractivity contribution is 0.258. The van der Waals surface area contributed by atoms with Crippen LogP contribution in [0.15, 0.2) is 36.7 Å². The zero-order valence-electron chi connectivity index (χ0n) is 12.0. The monoisotopic (exact) mass is 324 g/mol. The summed E-state index contributed by atoms with van der Waals surface area (Å²) in [6.45, 7) is 0.836. The zero-order valence-corrected chi connectivity index (χ0v) is 12.8. The Bertz CT molecular complexity index is 725. The van der Waals surface area contributed by atoms with Gasteiger partial charge in [0.1, 0.15) is 5.82 Å².